The lowest BCUT2D eigenvalue weighted by molar-refractivity contribution is 0.546. The molecule has 0 saturated heterocycles. The molecule has 114 valence electrons. The summed E-state index contributed by atoms with van der Waals surface area (Å²) in [5.74, 6) is 7.73. The van der Waals surface area contributed by atoms with E-state index in [1.807, 2.05) is 26.4 Å². The molecule has 0 aliphatic carbocycles. The van der Waals surface area contributed by atoms with E-state index in [1.54, 1.807) is 4.68 Å². The van der Waals surface area contributed by atoms with Crippen LogP contribution in [0.15, 0.2) is 12.4 Å². The average molecular weight is 289 g/mol. The van der Waals surface area contributed by atoms with Crippen molar-refractivity contribution in [3.8, 4) is 0 Å². The second-order valence-electron chi connectivity index (χ2n) is 6.14. The van der Waals surface area contributed by atoms with Crippen LogP contribution in [0.3, 0.4) is 0 Å². The zero-order valence-electron chi connectivity index (χ0n) is 13.2. The normalized spacial score (nSPS) is 11.5. The molecule has 0 saturated carbocycles. The SMILES string of the molecule is Cc1c(NN)nc(C(C)(C)C)nc1NCc1cnn(C)c1. The van der Waals surface area contributed by atoms with Gasteiger partial charge in [-0.25, -0.2) is 15.8 Å². The first kappa shape index (κ1) is 15.2. The van der Waals surface area contributed by atoms with Crippen LogP contribution < -0.4 is 16.6 Å². The Kier molecular flexibility index (Phi) is 4.13. The lowest BCUT2D eigenvalue weighted by Crippen LogP contribution is -2.21. The molecule has 0 aromatic carbocycles. The molecule has 0 spiro atoms. The van der Waals surface area contributed by atoms with Crippen LogP contribution in [0.25, 0.3) is 0 Å². The summed E-state index contributed by atoms with van der Waals surface area (Å²) in [6, 6.07) is 0. The van der Waals surface area contributed by atoms with E-state index in [0.717, 1.165) is 22.8 Å². The Bertz CT molecular complexity index is 625. The van der Waals surface area contributed by atoms with Gasteiger partial charge in [0, 0.05) is 36.3 Å². The quantitative estimate of drug-likeness (QED) is 0.586. The van der Waals surface area contributed by atoms with Gasteiger partial charge in [-0.15, -0.1) is 0 Å². The summed E-state index contributed by atoms with van der Waals surface area (Å²) >= 11 is 0. The monoisotopic (exact) mass is 289 g/mol. The van der Waals surface area contributed by atoms with Crippen LogP contribution in [0, 0.1) is 6.92 Å². The number of aromatic nitrogens is 4. The summed E-state index contributed by atoms with van der Waals surface area (Å²) in [6.45, 7) is 8.81. The Labute approximate surface area is 124 Å². The molecule has 0 radical (unpaired) electrons. The van der Waals surface area contributed by atoms with Gasteiger partial charge in [0.15, 0.2) is 0 Å². The van der Waals surface area contributed by atoms with E-state index in [0.29, 0.717) is 12.4 Å². The number of hydrogen-bond acceptors (Lipinski definition) is 6. The molecule has 2 heterocycles. The number of nitrogens with one attached hydrogen (secondary N) is 2. The van der Waals surface area contributed by atoms with Crippen molar-refractivity contribution in [2.24, 2.45) is 12.9 Å². The van der Waals surface area contributed by atoms with Crippen molar-refractivity contribution in [2.45, 2.75) is 39.7 Å². The summed E-state index contributed by atoms with van der Waals surface area (Å²) in [7, 11) is 1.90. The lowest BCUT2D eigenvalue weighted by Gasteiger charge is -2.20. The van der Waals surface area contributed by atoms with Crippen LogP contribution >= 0.6 is 0 Å². The van der Waals surface area contributed by atoms with Gasteiger partial charge in [-0.05, 0) is 6.92 Å². The second kappa shape index (κ2) is 5.69. The molecule has 7 nitrogen and oxygen atoms in total. The standard InChI is InChI=1S/C14H23N7/c1-9-11(16-6-10-7-17-21(5)8-10)18-13(14(2,3)4)19-12(9)20-15/h7-8H,6,15H2,1-5H3,(H2,16,18,19,20). The minimum absolute atomic E-state index is 0.149. The zero-order valence-corrected chi connectivity index (χ0v) is 13.2. The van der Waals surface area contributed by atoms with Gasteiger partial charge < -0.3 is 10.7 Å². The maximum atomic E-state index is 5.56. The lowest BCUT2D eigenvalue weighted by atomic mass is 9.95. The van der Waals surface area contributed by atoms with Crippen molar-refractivity contribution in [1.82, 2.24) is 19.7 Å². The topological polar surface area (TPSA) is 93.7 Å². The summed E-state index contributed by atoms with van der Waals surface area (Å²) in [4.78, 5) is 9.11. The zero-order chi connectivity index (χ0) is 15.6. The van der Waals surface area contributed by atoms with E-state index in [-0.39, 0.29) is 5.41 Å². The van der Waals surface area contributed by atoms with Crippen LogP contribution in [0.5, 0.6) is 0 Å². The molecule has 2 aromatic rings. The molecule has 0 bridgehead atoms. The van der Waals surface area contributed by atoms with Gasteiger partial charge in [-0.1, -0.05) is 20.8 Å². The number of anilines is 2. The van der Waals surface area contributed by atoms with E-state index in [2.05, 4.69) is 46.6 Å². The second-order valence-corrected chi connectivity index (χ2v) is 6.14. The fraction of sp³-hybridized carbons (Fsp3) is 0.500. The molecule has 0 aliphatic heterocycles. The fourth-order valence-corrected chi connectivity index (χ4v) is 1.91. The van der Waals surface area contributed by atoms with Gasteiger partial charge in [0.2, 0.25) is 0 Å². The third-order valence-electron chi connectivity index (χ3n) is 3.17. The number of rotatable bonds is 4. The van der Waals surface area contributed by atoms with E-state index in [9.17, 15) is 0 Å². The molecule has 2 rings (SSSR count). The minimum Gasteiger partial charge on any atom is -0.365 e. The fourth-order valence-electron chi connectivity index (χ4n) is 1.91. The number of nitrogen functional groups attached to an aromatic ring is 1. The van der Waals surface area contributed by atoms with Crippen molar-refractivity contribution in [3.63, 3.8) is 0 Å². The maximum Gasteiger partial charge on any atom is 0.148 e. The van der Waals surface area contributed by atoms with Gasteiger partial charge in [0.05, 0.1) is 6.20 Å². The van der Waals surface area contributed by atoms with E-state index in [1.165, 1.54) is 0 Å². The Morgan fingerprint density at radius 1 is 1.24 bits per heavy atom. The largest absolute Gasteiger partial charge is 0.365 e. The highest BCUT2D eigenvalue weighted by atomic mass is 15.3. The molecule has 2 aromatic heterocycles. The highest BCUT2D eigenvalue weighted by Gasteiger charge is 2.21. The van der Waals surface area contributed by atoms with Crippen LogP contribution in [0.1, 0.15) is 37.7 Å². The Hall–Kier alpha value is -2.15. The predicted molar refractivity (Wildman–Crippen MR) is 83.8 cm³/mol. The Morgan fingerprint density at radius 3 is 2.43 bits per heavy atom. The van der Waals surface area contributed by atoms with E-state index >= 15 is 0 Å². The highest BCUT2D eigenvalue weighted by molar-refractivity contribution is 5.57. The molecule has 4 N–H and O–H groups in total. The van der Waals surface area contributed by atoms with Gasteiger partial charge in [0.25, 0.3) is 0 Å². The van der Waals surface area contributed by atoms with E-state index < -0.39 is 0 Å². The molecule has 0 fully saturated rings. The van der Waals surface area contributed by atoms with Crippen LogP contribution in [-0.2, 0) is 19.0 Å². The molecule has 7 heteroatoms. The first-order valence-electron chi connectivity index (χ1n) is 6.88. The number of aryl methyl sites for hydroxylation is 1. The molecular formula is C14H23N7. The summed E-state index contributed by atoms with van der Waals surface area (Å²) in [5.41, 5.74) is 4.48. The smallest absolute Gasteiger partial charge is 0.148 e. The molecule has 0 atom stereocenters. The van der Waals surface area contributed by atoms with Crippen molar-refractivity contribution >= 4 is 11.6 Å². The van der Waals surface area contributed by atoms with Crippen molar-refractivity contribution in [3.05, 3.63) is 29.3 Å². The van der Waals surface area contributed by atoms with Crippen LogP contribution in [-0.4, -0.2) is 19.7 Å². The van der Waals surface area contributed by atoms with Gasteiger partial charge in [-0.2, -0.15) is 5.10 Å². The molecule has 0 aliphatic rings. The van der Waals surface area contributed by atoms with Crippen molar-refractivity contribution in [1.29, 1.82) is 0 Å². The third-order valence-corrected chi connectivity index (χ3v) is 3.17. The first-order chi connectivity index (χ1) is 9.81. The number of nitrogens with zero attached hydrogens (tertiary/aromatic N) is 4. The molecule has 0 amide bonds. The van der Waals surface area contributed by atoms with Crippen LogP contribution in [0.4, 0.5) is 11.6 Å². The van der Waals surface area contributed by atoms with Crippen molar-refractivity contribution in [2.75, 3.05) is 10.7 Å². The highest BCUT2D eigenvalue weighted by Crippen LogP contribution is 2.26. The summed E-state index contributed by atoms with van der Waals surface area (Å²) < 4.78 is 1.78. The van der Waals surface area contributed by atoms with Crippen LogP contribution in [0.2, 0.25) is 0 Å². The Balaban J connectivity index is 2.28. The predicted octanol–water partition coefficient (Wildman–Crippen LogP) is 1.71. The van der Waals surface area contributed by atoms with E-state index in [4.69, 9.17) is 5.84 Å². The summed E-state index contributed by atoms with van der Waals surface area (Å²) in [5, 5.41) is 7.48. The molecule has 0 unspecified atom stereocenters. The summed E-state index contributed by atoms with van der Waals surface area (Å²) in [6.07, 6.45) is 3.80. The maximum absolute atomic E-state index is 5.56. The first-order valence-corrected chi connectivity index (χ1v) is 6.88. The third kappa shape index (κ3) is 3.49. The average Bonchev–Trinajstić information content (AvgIpc) is 2.82. The number of nitrogens with two attached hydrogens (primary N) is 1. The molecule has 21 heavy (non-hydrogen) atoms. The Morgan fingerprint density at radius 2 is 1.90 bits per heavy atom. The van der Waals surface area contributed by atoms with Gasteiger partial charge >= 0.3 is 0 Å². The number of hydrazine groups is 1. The van der Waals surface area contributed by atoms with Crippen molar-refractivity contribution < 1.29 is 0 Å². The van der Waals surface area contributed by atoms with Gasteiger partial charge in [-0.3, -0.25) is 4.68 Å². The minimum atomic E-state index is -0.149. The molecular weight excluding hydrogens is 266 g/mol. The van der Waals surface area contributed by atoms with Gasteiger partial charge in [0.1, 0.15) is 17.5 Å². The number of hydrogen-bond donors (Lipinski definition) is 3.